The zero-order valence-corrected chi connectivity index (χ0v) is 11.9. The van der Waals surface area contributed by atoms with Crippen LogP contribution >= 0.6 is 0 Å². The maximum atomic E-state index is 12.0. The van der Waals surface area contributed by atoms with Crippen molar-refractivity contribution in [2.75, 3.05) is 13.1 Å². The van der Waals surface area contributed by atoms with Gasteiger partial charge in [0.25, 0.3) is 0 Å². The Morgan fingerprint density at radius 2 is 2.11 bits per heavy atom. The average Bonchev–Trinajstić information content (AvgIpc) is 2.18. The molecule has 1 rings (SSSR count). The standard InChI is InChI=1S/C14H23NO3/c1-13(2,3)18-12(17)15-8-6-11(7-9-16)14(4,5)10-15/h6,9H,7-8,10H2,1-5H3. The van der Waals surface area contributed by atoms with Gasteiger partial charge in [-0.2, -0.15) is 0 Å². The fourth-order valence-electron chi connectivity index (χ4n) is 2.05. The van der Waals surface area contributed by atoms with E-state index in [-0.39, 0.29) is 11.5 Å². The first-order valence-electron chi connectivity index (χ1n) is 6.27. The van der Waals surface area contributed by atoms with Crippen molar-refractivity contribution in [1.29, 1.82) is 0 Å². The number of ether oxygens (including phenoxy) is 1. The Labute approximate surface area is 109 Å². The monoisotopic (exact) mass is 253 g/mol. The lowest BCUT2D eigenvalue weighted by atomic mass is 9.80. The first kappa shape index (κ1) is 14.7. The van der Waals surface area contributed by atoms with E-state index in [0.717, 1.165) is 11.9 Å². The lowest BCUT2D eigenvalue weighted by molar-refractivity contribution is -0.107. The van der Waals surface area contributed by atoms with Crippen LogP contribution in [-0.2, 0) is 9.53 Å². The topological polar surface area (TPSA) is 46.6 Å². The number of hydrogen-bond acceptors (Lipinski definition) is 3. The van der Waals surface area contributed by atoms with Crippen LogP contribution in [0, 0.1) is 5.41 Å². The van der Waals surface area contributed by atoms with Crippen LogP contribution in [0.4, 0.5) is 4.79 Å². The molecule has 1 aliphatic heterocycles. The van der Waals surface area contributed by atoms with Gasteiger partial charge in [0.1, 0.15) is 11.9 Å². The maximum absolute atomic E-state index is 12.0. The van der Waals surface area contributed by atoms with E-state index in [0.29, 0.717) is 19.5 Å². The molecule has 0 aromatic carbocycles. The molecule has 0 saturated heterocycles. The Hall–Kier alpha value is -1.32. The van der Waals surface area contributed by atoms with E-state index < -0.39 is 5.60 Å². The molecular formula is C14H23NO3. The summed E-state index contributed by atoms with van der Waals surface area (Å²) in [6, 6.07) is 0. The highest BCUT2D eigenvalue weighted by Gasteiger charge is 2.33. The lowest BCUT2D eigenvalue weighted by Gasteiger charge is -2.38. The molecule has 1 heterocycles. The van der Waals surface area contributed by atoms with Crippen LogP contribution in [0.3, 0.4) is 0 Å². The zero-order chi connectivity index (χ0) is 14.0. The molecule has 0 aromatic heterocycles. The summed E-state index contributed by atoms with van der Waals surface area (Å²) in [5.74, 6) is 0. The van der Waals surface area contributed by atoms with E-state index >= 15 is 0 Å². The molecule has 0 saturated carbocycles. The second-order valence-electron chi connectivity index (χ2n) is 6.34. The molecule has 1 amide bonds. The highest BCUT2D eigenvalue weighted by Crippen LogP contribution is 2.33. The van der Waals surface area contributed by atoms with E-state index in [1.807, 2.05) is 40.7 Å². The number of nitrogens with zero attached hydrogens (tertiary/aromatic N) is 1. The molecule has 0 bridgehead atoms. The molecule has 102 valence electrons. The smallest absolute Gasteiger partial charge is 0.410 e. The van der Waals surface area contributed by atoms with Crippen LogP contribution < -0.4 is 0 Å². The van der Waals surface area contributed by atoms with Crippen LogP contribution in [0.2, 0.25) is 0 Å². The highest BCUT2D eigenvalue weighted by atomic mass is 16.6. The minimum atomic E-state index is -0.478. The summed E-state index contributed by atoms with van der Waals surface area (Å²) in [5, 5.41) is 0. The average molecular weight is 253 g/mol. The molecule has 0 radical (unpaired) electrons. The Balaban J connectivity index is 2.74. The zero-order valence-electron chi connectivity index (χ0n) is 11.9. The number of amides is 1. The van der Waals surface area contributed by atoms with E-state index in [9.17, 15) is 9.59 Å². The fourth-order valence-corrected chi connectivity index (χ4v) is 2.05. The van der Waals surface area contributed by atoms with Crippen molar-refractivity contribution < 1.29 is 14.3 Å². The molecule has 4 nitrogen and oxygen atoms in total. The van der Waals surface area contributed by atoms with Crippen molar-refractivity contribution >= 4 is 12.4 Å². The van der Waals surface area contributed by atoms with Gasteiger partial charge in [-0.05, 0) is 20.8 Å². The molecule has 0 aliphatic carbocycles. The largest absolute Gasteiger partial charge is 0.444 e. The summed E-state index contributed by atoms with van der Waals surface area (Å²) in [5.41, 5.74) is 0.446. The normalized spacial score (nSPS) is 19.2. The third kappa shape index (κ3) is 3.86. The molecule has 0 N–H and O–H groups in total. The molecule has 0 atom stereocenters. The van der Waals surface area contributed by atoms with Gasteiger partial charge in [0.15, 0.2) is 0 Å². The number of carbonyl (C=O) groups is 2. The second kappa shape index (κ2) is 5.12. The number of carbonyl (C=O) groups excluding carboxylic acids is 2. The third-order valence-electron chi connectivity index (χ3n) is 2.97. The van der Waals surface area contributed by atoms with Crippen LogP contribution in [-0.4, -0.2) is 36.0 Å². The number of hydrogen-bond donors (Lipinski definition) is 0. The van der Waals surface area contributed by atoms with E-state index in [1.54, 1.807) is 4.90 Å². The maximum Gasteiger partial charge on any atom is 0.410 e. The summed E-state index contributed by atoms with van der Waals surface area (Å²) in [6.07, 6.45) is 3.02. The summed E-state index contributed by atoms with van der Waals surface area (Å²) in [6.45, 7) is 10.7. The van der Waals surface area contributed by atoms with Gasteiger partial charge in [-0.15, -0.1) is 0 Å². The first-order chi connectivity index (χ1) is 8.15. The van der Waals surface area contributed by atoms with Crippen molar-refractivity contribution in [2.24, 2.45) is 5.41 Å². The summed E-state index contributed by atoms with van der Waals surface area (Å²) in [4.78, 5) is 24.3. The van der Waals surface area contributed by atoms with Crippen molar-refractivity contribution in [3.05, 3.63) is 11.6 Å². The van der Waals surface area contributed by atoms with Crippen molar-refractivity contribution in [2.45, 2.75) is 46.6 Å². The van der Waals surface area contributed by atoms with E-state index in [4.69, 9.17) is 4.74 Å². The van der Waals surface area contributed by atoms with Gasteiger partial charge in [-0.25, -0.2) is 4.79 Å². The van der Waals surface area contributed by atoms with Gasteiger partial charge in [0.05, 0.1) is 0 Å². The van der Waals surface area contributed by atoms with Gasteiger partial charge < -0.3 is 14.4 Å². The molecule has 4 heteroatoms. The number of rotatable bonds is 2. The predicted molar refractivity (Wildman–Crippen MR) is 70.4 cm³/mol. The number of aldehydes is 1. The summed E-state index contributed by atoms with van der Waals surface area (Å²) in [7, 11) is 0. The van der Waals surface area contributed by atoms with E-state index in [2.05, 4.69) is 0 Å². The quantitative estimate of drug-likeness (QED) is 0.561. The van der Waals surface area contributed by atoms with Crippen molar-refractivity contribution in [1.82, 2.24) is 4.90 Å². The molecular weight excluding hydrogens is 230 g/mol. The Kier molecular flexibility index (Phi) is 4.20. The minimum Gasteiger partial charge on any atom is -0.444 e. The molecule has 1 aliphatic rings. The van der Waals surface area contributed by atoms with Crippen molar-refractivity contribution in [3.63, 3.8) is 0 Å². The van der Waals surface area contributed by atoms with Gasteiger partial charge >= 0.3 is 6.09 Å². The summed E-state index contributed by atoms with van der Waals surface area (Å²) >= 11 is 0. The van der Waals surface area contributed by atoms with E-state index in [1.165, 1.54) is 0 Å². The highest BCUT2D eigenvalue weighted by molar-refractivity contribution is 5.69. The molecule has 0 spiro atoms. The van der Waals surface area contributed by atoms with Gasteiger partial charge in [0, 0.05) is 24.9 Å². The first-order valence-corrected chi connectivity index (χ1v) is 6.27. The van der Waals surface area contributed by atoms with Crippen LogP contribution in [0.15, 0.2) is 11.6 Å². The Morgan fingerprint density at radius 1 is 1.50 bits per heavy atom. The summed E-state index contributed by atoms with van der Waals surface area (Å²) < 4.78 is 5.35. The predicted octanol–water partition coefficient (Wildman–Crippen LogP) is 2.78. The molecule has 0 fully saturated rings. The third-order valence-corrected chi connectivity index (χ3v) is 2.97. The molecule has 0 aromatic rings. The molecule has 0 unspecified atom stereocenters. The minimum absolute atomic E-state index is 0.171. The lowest BCUT2D eigenvalue weighted by Crippen LogP contribution is -2.45. The van der Waals surface area contributed by atoms with Gasteiger partial charge in [-0.3, -0.25) is 0 Å². The fraction of sp³-hybridized carbons (Fsp3) is 0.714. The van der Waals surface area contributed by atoms with Gasteiger partial charge in [-0.1, -0.05) is 25.5 Å². The van der Waals surface area contributed by atoms with Crippen LogP contribution in [0.5, 0.6) is 0 Å². The SMILES string of the molecule is CC(C)(C)OC(=O)N1CC=C(CC=O)C(C)(C)C1. The Morgan fingerprint density at radius 3 is 2.56 bits per heavy atom. The van der Waals surface area contributed by atoms with Gasteiger partial charge in [0.2, 0.25) is 0 Å². The Bertz CT molecular complexity index is 364. The second-order valence-corrected chi connectivity index (χ2v) is 6.34. The van der Waals surface area contributed by atoms with Crippen LogP contribution in [0.1, 0.15) is 41.0 Å². The molecule has 18 heavy (non-hydrogen) atoms. The van der Waals surface area contributed by atoms with Crippen LogP contribution in [0.25, 0.3) is 0 Å². The van der Waals surface area contributed by atoms with Crippen molar-refractivity contribution in [3.8, 4) is 0 Å².